The van der Waals surface area contributed by atoms with Crippen LogP contribution in [-0.2, 0) is 6.42 Å². The molecular formula is C51H34N4OS. The van der Waals surface area contributed by atoms with Crippen molar-refractivity contribution in [1.82, 2.24) is 9.88 Å². The van der Waals surface area contributed by atoms with E-state index in [0.717, 1.165) is 74.4 Å². The lowest BCUT2D eigenvalue weighted by Crippen LogP contribution is -2.33. The van der Waals surface area contributed by atoms with Crippen LogP contribution in [0.4, 0.5) is 0 Å². The molecule has 2 aliphatic rings. The molecule has 0 spiro atoms. The number of aromatic nitrogens is 1. The SMILES string of the molecule is C1=Cc2c(c3ccccc3n2-c2cccc3oc4ccc(-c5ccc6c(c5)sc5ccc(C7=NC(c8ccccc8)NC(c8ccccc8)=N7)cc56)cc4c23)CC1. The van der Waals surface area contributed by atoms with E-state index in [4.69, 9.17) is 14.4 Å². The summed E-state index contributed by atoms with van der Waals surface area (Å²) in [5, 5.41) is 9.61. The Morgan fingerprint density at radius 2 is 1.40 bits per heavy atom. The van der Waals surface area contributed by atoms with Crippen LogP contribution in [0.1, 0.15) is 40.5 Å². The number of furan rings is 1. The Morgan fingerprint density at radius 1 is 0.614 bits per heavy atom. The molecular weight excluding hydrogens is 717 g/mol. The Bertz CT molecular complexity index is 3330. The Kier molecular flexibility index (Phi) is 7.22. The molecule has 0 saturated carbocycles. The summed E-state index contributed by atoms with van der Waals surface area (Å²) in [5.74, 6) is 1.55. The molecule has 57 heavy (non-hydrogen) atoms. The second-order valence-corrected chi connectivity index (χ2v) is 16.0. The number of aryl methyl sites for hydroxylation is 1. The fraction of sp³-hybridized carbons (Fsp3) is 0.0588. The summed E-state index contributed by atoms with van der Waals surface area (Å²) in [5.41, 5.74) is 12.3. The van der Waals surface area contributed by atoms with Crippen LogP contribution < -0.4 is 5.32 Å². The molecule has 12 rings (SSSR count). The quantitative estimate of drug-likeness (QED) is 0.190. The van der Waals surface area contributed by atoms with Gasteiger partial charge in [-0.25, -0.2) is 9.98 Å². The van der Waals surface area contributed by atoms with E-state index in [1.165, 1.54) is 47.9 Å². The Hall–Kier alpha value is -7.02. The lowest BCUT2D eigenvalue weighted by Gasteiger charge is -2.23. The first-order valence-corrected chi connectivity index (χ1v) is 20.3. The first kappa shape index (κ1) is 32.2. The minimum atomic E-state index is -0.239. The molecule has 3 aromatic heterocycles. The molecule has 0 saturated heterocycles. The molecule has 1 N–H and O–H groups in total. The highest BCUT2D eigenvalue weighted by Gasteiger charge is 2.23. The van der Waals surface area contributed by atoms with Gasteiger partial charge < -0.3 is 14.3 Å². The number of benzene rings is 7. The van der Waals surface area contributed by atoms with Gasteiger partial charge in [0.25, 0.3) is 0 Å². The molecule has 10 aromatic rings. The number of nitrogens with one attached hydrogen (secondary N) is 1. The molecule has 1 unspecified atom stereocenters. The van der Waals surface area contributed by atoms with Gasteiger partial charge in [0.05, 0.1) is 16.6 Å². The third-order valence-electron chi connectivity index (χ3n) is 11.5. The van der Waals surface area contributed by atoms with Gasteiger partial charge in [-0.2, -0.15) is 0 Å². The minimum absolute atomic E-state index is 0.239. The van der Waals surface area contributed by atoms with E-state index in [2.05, 4.69) is 155 Å². The molecule has 4 heterocycles. The van der Waals surface area contributed by atoms with Gasteiger partial charge in [-0.05, 0) is 95.8 Å². The van der Waals surface area contributed by atoms with Crippen LogP contribution in [0, 0.1) is 0 Å². The minimum Gasteiger partial charge on any atom is -0.456 e. The van der Waals surface area contributed by atoms with Crippen molar-refractivity contribution in [1.29, 1.82) is 0 Å². The fourth-order valence-electron chi connectivity index (χ4n) is 8.84. The average molecular weight is 751 g/mol. The van der Waals surface area contributed by atoms with Crippen molar-refractivity contribution in [2.75, 3.05) is 0 Å². The number of fused-ring (bicyclic) bond motifs is 9. The topological polar surface area (TPSA) is 54.8 Å². The molecule has 0 fully saturated rings. The molecule has 7 aromatic carbocycles. The number of amidine groups is 2. The van der Waals surface area contributed by atoms with Gasteiger partial charge in [-0.15, -0.1) is 11.3 Å². The van der Waals surface area contributed by atoms with Crippen LogP contribution in [0.5, 0.6) is 0 Å². The lowest BCUT2D eigenvalue weighted by molar-refractivity contribution is 0.669. The summed E-state index contributed by atoms with van der Waals surface area (Å²) in [6.07, 6.45) is 6.48. The Morgan fingerprint density at radius 3 is 2.32 bits per heavy atom. The zero-order valence-electron chi connectivity index (χ0n) is 30.8. The number of allylic oxidation sites excluding steroid dienone is 1. The average Bonchev–Trinajstić information content (AvgIpc) is 3.95. The lowest BCUT2D eigenvalue weighted by atomic mass is 10.00. The third-order valence-corrected chi connectivity index (χ3v) is 12.7. The Labute approximate surface area is 332 Å². The Balaban J connectivity index is 0.957. The van der Waals surface area contributed by atoms with Crippen LogP contribution in [0.15, 0.2) is 178 Å². The van der Waals surface area contributed by atoms with Crippen molar-refractivity contribution in [3.63, 3.8) is 0 Å². The smallest absolute Gasteiger partial charge is 0.159 e. The van der Waals surface area contributed by atoms with E-state index >= 15 is 0 Å². The summed E-state index contributed by atoms with van der Waals surface area (Å²) in [7, 11) is 0. The molecule has 1 aliphatic carbocycles. The maximum Gasteiger partial charge on any atom is 0.159 e. The van der Waals surface area contributed by atoms with Crippen molar-refractivity contribution in [2.45, 2.75) is 19.0 Å². The van der Waals surface area contributed by atoms with E-state index < -0.39 is 0 Å². The van der Waals surface area contributed by atoms with Gasteiger partial charge in [0.2, 0.25) is 0 Å². The van der Waals surface area contributed by atoms with E-state index in [1.807, 2.05) is 35.6 Å². The van der Waals surface area contributed by atoms with Crippen molar-refractivity contribution in [3.05, 3.63) is 192 Å². The highest BCUT2D eigenvalue weighted by atomic mass is 32.1. The zero-order chi connectivity index (χ0) is 37.5. The van der Waals surface area contributed by atoms with Crippen LogP contribution in [0.25, 0.3) is 75.9 Å². The van der Waals surface area contributed by atoms with Crippen LogP contribution in [0.2, 0.25) is 0 Å². The number of rotatable bonds is 5. The van der Waals surface area contributed by atoms with Crippen molar-refractivity contribution < 1.29 is 4.42 Å². The van der Waals surface area contributed by atoms with Gasteiger partial charge in [0.15, 0.2) is 5.84 Å². The van der Waals surface area contributed by atoms with E-state index in [9.17, 15) is 0 Å². The molecule has 1 aliphatic heterocycles. The maximum atomic E-state index is 6.52. The number of thiophene rings is 1. The number of para-hydroxylation sites is 1. The van der Waals surface area contributed by atoms with E-state index in [0.29, 0.717) is 0 Å². The molecule has 5 nitrogen and oxygen atoms in total. The molecule has 270 valence electrons. The first-order chi connectivity index (χ1) is 28.2. The zero-order valence-corrected chi connectivity index (χ0v) is 31.6. The maximum absolute atomic E-state index is 6.52. The van der Waals surface area contributed by atoms with Gasteiger partial charge in [0.1, 0.15) is 23.2 Å². The molecule has 0 amide bonds. The first-order valence-electron chi connectivity index (χ1n) is 19.5. The predicted molar refractivity (Wildman–Crippen MR) is 238 cm³/mol. The molecule has 6 heteroatoms. The van der Waals surface area contributed by atoms with Crippen LogP contribution in [0.3, 0.4) is 0 Å². The number of aliphatic imine (C=N–C) groups is 2. The monoisotopic (exact) mass is 750 g/mol. The van der Waals surface area contributed by atoms with Gasteiger partial charge in [-0.1, -0.05) is 109 Å². The summed E-state index contributed by atoms with van der Waals surface area (Å²) < 4.78 is 11.4. The van der Waals surface area contributed by atoms with E-state index in [-0.39, 0.29) is 6.17 Å². The van der Waals surface area contributed by atoms with E-state index in [1.54, 1.807) is 0 Å². The largest absolute Gasteiger partial charge is 0.456 e. The van der Waals surface area contributed by atoms with Crippen molar-refractivity contribution in [2.24, 2.45) is 9.98 Å². The van der Waals surface area contributed by atoms with Gasteiger partial charge in [0, 0.05) is 47.8 Å². The fourth-order valence-corrected chi connectivity index (χ4v) is 9.97. The van der Waals surface area contributed by atoms with Crippen molar-refractivity contribution in [3.8, 4) is 16.8 Å². The van der Waals surface area contributed by atoms with Crippen LogP contribution >= 0.6 is 11.3 Å². The predicted octanol–water partition coefficient (Wildman–Crippen LogP) is 13.0. The van der Waals surface area contributed by atoms with Crippen molar-refractivity contribution >= 4 is 82.1 Å². The molecule has 1 atom stereocenters. The summed E-state index contributed by atoms with van der Waals surface area (Å²) >= 11 is 1.83. The second-order valence-electron chi connectivity index (χ2n) is 14.9. The molecule has 0 radical (unpaired) electrons. The summed E-state index contributed by atoms with van der Waals surface area (Å²) in [4.78, 5) is 10.2. The number of hydrogen-bond acceptors (Lipinski definition) is 5. The number of nitrogens with zero attached hydrogens (tertiary/aromatic N) is 3. The van der Waals surface area contributed by atoms with Crippen LogP contribution in [-0.4, -0.2) is 16.2 Å². The van der Waals surface area contributed by atoms with Gasteiger partial charge in [-0.3, -0.25) is 0 Å². The summed E-state index contributed by atoms with van der Waals surface area (Å²) in [6, 6.07) is 56.0. The second kappa shape index (κ2) is 12.8. The highest BCUT2D eigenvalue weighted by Crippen LogP contribution is 2.42. The van der Waals surface area contributed by atoms with Gasteiger partial charge >= 0.3 is 0 Å². The normalized spacial score (nSPS) is 15.3. The molecule has 0 bridgehead atoms. The standard InChI is InChI=1S/C51H34N4OS/c1-3-12-31(13-4-1)49-52-50(32-14-5-2-6-15-32)54-51(53-49)35-24-27-46-39(29-35)38-25-22-34(30-47(38)57-46)33-23-26-44-40(28-33)48-43(20-11-21-45(48)56-44)55-41-18-9-7-16-36(41)37-17-8-10-19-42(37)55/h1-7,9-16,18-30,49H,8,17H2,(H,52,53,54). The third kappa shape index (κ3) is 5.21. The summed E-state index contributed by atoms with van der Waals surface area (Å²) in [6.45, 7) is 0. The highest BCUT2D eigenvalue weighted by molar-refractivity contribution is 7.25. The number of hydrogen-bond donors (Lipinski definition) is 1.